The third-order valence-electron chi connectivity index (χ3n) is 5.75. The van der Waals surface area contributed by atoms with E-state index in [1.807, 2.05) is 44.2 Å². The monoisotopic (exact) mass is 424 g/mol. The number of carbonyl (C=O) groups is 1. The largest absolute Gasteiger partial charge is 0.478 e. The molecule has 0 aliphatic carbocycles. The summed E-state index contributed by atoms with van der Waals surface area (Å²) in [5, 5.41) is 14.1. The number of carboxylic acid groups (broad SMARTS) is 1. The fourth-order valence-electron chi connectivity index (χ4n) is 3.89. The number of hydrogen-bond acceptors (Lipinski definition) is 2. The normalized spacial score (nSPS) is 12.1. The third kappa shape index (κ3) is 5.13. The van der Waals surface area contributed by atoms with Gasteiger partial charge in [-0.05, 0) is 50.8 Å². The number of aromatic carboxylic acids is 1. The molecule has 0 saturated carbocycles. The Morgan fingerprint density at radius 3 is 2.40 bits per heavy atom. The molecule has 158 valence electrons. The molecule has 30 heavy (non-hydrogen) atoms. The highest BCUT2D eigenvalue weighted by Crippen LogP contribution is 2.26. The SMILES string of the molecule is Cc1c(CN[C@@H](C)CCc2ccccc2)c(C(=O)O)c(C)n1Cc1ccccc1Cl. The second-order valence-corrected chi connectivity index (χ2v) is 8.22. The molecule has 5 heteroatoms. The molecule has 1 aromatic heterocycles. The molecule has 3 rings (SSSR count). The zero-order valence-electron chi connectivity index (χ0n) is 17.8. The molecule has 1 atom stereocenters. The van der Waals surface area contributed by atoms with Gasteiger partial charge in [0, 0.05) is 41.1 Å². The summed E-state index contributed by atoms with van der Waals surface area (Å²) in [6.45, 7) is 7.09. The van der Waals surface area contributed by atoms with E-state index in [9.17, 15) is 9.90 Å². The van der Waals surface area contributed by atoms with Crippen LogP contribution in [0.1, 0.15) is 51.8 Å². The van der Waals surface area contributed by atoms with Crippen LogP contribution in [0.5, 0.6) is 0 Å². The van der Waals surface area contributed by atoms with Crippen LogP contribution in [0.3, 0.4) is 0 Å². The van der Waals surface area contributed by atoms with Gasteiger partial charge in [0.1, 0.15) is 0 Å². The Hall–Kier alpha value is -2.56. The maximum Gasteiger partial charge on any atom is 0.337 e. The second kappa shape index (κ2) is 9.96. The van der Waals surface area contributed by atoms with Crippen molar-refractivity contribution in [2.75, 3.05) is 0 Å². The maximum atomic E-state index is 12.0. The lowest BCUT2D eigenvalue weighted by molar-refractivity contribution is 0.0694. The molecule has 0 aliphatic rings. The number of nitrogens with zero attached hydrogens (tertiary/aromatic N) is 1. The highest BCUT2D eigenvalue weighted by molar-refractivity contribution is 6.31. The summed E-state index contributed by atoms with van der Waals surface area (Å²) in [5.41, 5.74) is 5.26. The second-order valence-electron chi connectivity index (χ2n) is 7.81. The van der Waals surface area contributed by atoms with E-state index in [1.54, 1.807) is 0 Å². The Morgan fingerprint density at radius 2 is 1.73 bits per heavy atom. The predicted molar refractivity (Wildman–Crippen MR) is 122 cm³/mol. The minimum Gasteiger partial charge on any atom is -0.478 e. The van der Waals surface area contributed by atoms with Gasteiger partial charge >= 0.3 is 5.97 Å². The molecule has 0 saturated heterocycles. The Labute approximate surface area is 183 Å². The van der Waals surface area contributed by atoms with Crippen molar-refractivity contribution in [2.24, 2.45) is 0 Å². The first-order valence-electron chi connectivity index (χ1n) is 10.3. The molecule has 0 bridgehead atoms. The quantitative estimate of drug-likeness (QED) is 0.469. The number of halogens is 1. The van der Waals surface area contributed by atoms with E-state index < -0.39 is 5.97 Å². The van der Waals surface area contributed by atoms with Crippen molar-refractivity contribution in [1.29, 1.82) is 0 Å². The number of benzene rings is 2. The van der Waals surface area contributed by atoms with E-state index in [1.165, 1.54) is 5.56 Å². The summed E-state index contributed by atoms with van der Waals surface area (Å²) in [7, 11) is 0. The van der Waals surface area contributed by atoms with Crippen molar-refractivity contribution in [3.05, 3.63) is 93.3 Å². The highest BCUT2D eigenvalue weighted by Gasteiger charge is 2.23. The van der Waals surface area contributed by atoms with Gasteiger partial charge in [-0.3, -0.25) is 0 Å². The van der Waals surface area contributed by atoms with Gasteiger partial charge in [-0.2, -0.15) is 0 Å². The van der Waals surface area contributed by atoms with Crippen LogP contribution in [0.2, 0.25) is 5.02 Å². The molecule has 0 fully saturated rings. The van der Waals surface area contributed by atoms with E-state index in [-0.39, 0.29) is 6.04 Å². The van der Waals surface area contributed by atoms with Gasteiger partial charge in [0.15, 0.2) is 0 Å². The molecular weight excluding hydrogens is 396 g/mol. The van der Waals surface area contributed by atoms with E-state index in [4.69, 9.17) is 11.6 Å². The van der Waals surface area contributed by atoms with Crippen LogP contribution >= 0.6 is 11.6 Å². The van der Waals surface area contributed by atoms with E-state index in [2.05, 4.69) is 41.1 Å². The molecule has 0 radical (unpaired) electrons. The van der Waals surface area contributed by atoms with Gasteiger partial charge in [0.05, 0.1) is 5.56 Å². The van der Waals surface area contributed by atoms with Gasteiger partial charge in [-0.1, -0.05) is 60.1 Å². The molecule has 0 amide bonds. The summed E-state index contributed by atoms with van der Waals surface area (Å²) >= 11 is 6.33. The Balaban J connectivity index is 1.75. The summed E-state index contributed by atoms with van der Waals surface area (Å²) in [6, 6.07) is 18.4. The number of aryl methyl sites for hydroxylation is 1. The molecular formula is C25H29ClN2O2. The Morgan fingerprint density at radius 1 is 1.07 bits per heavy atom. The average molecular weight is 425 g/mol. The van der Waals surface area contributed by atoms with E-state index in [0.717, 1.165) is 35.4 Å². The minimum atomic E-state index is -0.887. The minimum absolute atomic E-state index is 0.276. The third-order valence-corrected chi connectivity index (χ3v) is 6.12. The number of aromatic nitrogens is 1. The molecule has 4 nitrogen and oxygen atoms in total. The molecule has 0 unspecified atom stereocenters. The molecule has 3 aromatic rings. The van der Waals surface area contributed by atoms with Gasteiger partial charge in [-0.15, -0.1) is 0 Å². The van der Waals surface area contributed by atoms with Crippen LogP contribution < -0.4 is 5.32 Å². The first kappa shape index (κ1) is 22.1. The van der Waals surface area contributed by atoms with E-state index >= 15 is 0 Å². The summed E-state index contributed by atoms with van der Waals surface area (Å²) in [6.07, 6.45) is 1.98. The first-order valence-corrected chi connectivity index (χ1v) is 10.7. The topological polar surface area (TPSA) is 54.3 Å². The Bertz CT molecular complexity index is 1010. The van der Waals surface area contributed by atoms with Crippen molar-refractivity contribution in [3.8, 4) is 0 Å². The van der Waals surface area contributed by atoms with Crippen LogP contribution in [-0.4, -0.2) is 21.7 Å². The van der Waals surface area contributed by atoms with Crippen molar-refractivity contribution in [2.45, 2.75) is 52.7 Å². The zero-order valence-corrected chi connectivity index (χ0v) is 18.5. The van der Waals surface area contributed by atoms with Crippen LogP contribution in [0.15, 0.2) is 54.6 Å². The molecule has 2 aromatic carbocycles. The van der Waals surface area contributed by atoms with Gasteiger partial charge in [-0.25, -0.2) is 4.79 Å². The molecule has 2 N–H and O–H groups in total. The summed E-state index contributed by atoms with van der Waals surface area (Å²) in [5.74, 6) is -0.887. The van der Waals surface area contributed by atoms with Gasteiger partial charge in [0.2, 0.25) is 0 Å². The number of hydrogen-bond donors (Lipinski definition) is 2. The fraction of sp³-hybridized carbons (Fsp3) is 0.320. The highest BCUT2D eigenvalue weighted by atomic mass is 35.5. The first-order chi connectivity index (χ1) is 14.4. The molecule has 0 aliphatic heterocycles. The fourth-order valence-corrected chi connectivity index (χ4v) is 4.08. The average Bonchev–Trinajstić information content (AvgIpc) is 2.97. The predicted octanol–water partition coefficient (Wildman–Crippen LogP) is 5.62. The Kier molecular flexibility index (Phi) is 7.35. The van der Waals surface area contributed by atoms with Gasteiger partial charge in [0.25, 0.3) is 0 Å². The number of rotatable bonds is 9. The van der Waals surface area contributed by atoms with Gasteiger partial charge < -0.3 is 15.0 Å². The lowest BCUT2D eigenvalue weighted by Gasteiger charge is -2.15. The van der Waals surface area contributed by atoms with Crippen LogP contribution in [0.4, 0.5) is 0 Å². The summed E-state index contributed by atoms with van der Waals surface area (Å²) in [4.78, 5) is 12.0. The van der Waals surface area contributed by atoms with Crippen molar-refractivity contribution in [1.82, 2.24) is 9.88 Å². The van der Waals surface area contributed by atoms with Crippen LogP contribution in [0.25, 0.3) is 0 Å². The summed E-state index contributed by atoms with van der Waals surface area (Å²) < 4.78 is 2.05. The van der Waals surface area contributed by atoms with Crippen LogP contribution in [0, 0.1) is 13.8 Å². The molecule has 0 spiro atoms. The number of nitrogens with one attached hydrogen (secondary N) is 1. The van der Waals surface area contributed by atoms with Crippen molar-refractivity contribution < 1.29 is 9.90 Å². The zero-order chi connectivity index (χ0) is 21.7. The molecule has 1 heterocycles. The van der Waals surface area contributed by atoms with Crippen molar-refractivity contribution >= 4 is 17.6 Å². The maximum absolute atomic E-state index is 12.0. The van der Waals surface area contributed by atoms with E-state index in [0.29, 0.717) is 23.7 Å². The van der Waals surface area contributed by atoms with Crippen LogP contribution in [-0.2, 0) is 19.5 Å². The number of carboxylic acids is 1. The standard InChI is InChI=1S/C25H29ClN2O2/c1-17(13-14-20-9-5-4-6-10-20)27-15-22-18(2)28(19(3)24(22)25(29)30)16-21-11-7-8-12-23(21)26/h4-12,17,27H,13-16H2,1-3H3,(H,29,30)/t17-/m0/s1. The van der Waals surface area contributed by atoms with Crippen molar-refractivity contribution in [3.63, 3.8) is 0 Å². The lowest BCUT2D eigenvalue weighted by atomic mass is 10.1. The smallest absolute Gasteiger partial charge is 0.337 e. The lowest BCUT2D eigenvalue weighted by Crippen LogP contribution is -2.27.